The fraction of sp³-hybridized carbons (Fsp3) is 0.545. The third-order valence-corrected chi connectivity index (χ3v) is 1.75. The molecule has 0 atom stereocenters. The molecule has 0 aliphatic rings. The first kappa shape index (κ1) is 12.9. The third-order valence-electron chi connectivity index (χ3n) is 1.75. The number of rotatable bonds is 5. The van der Waals surface area contributed by atoms with Crippen molar-refractivity contribution in [3.05, 3.63) is 24.3 Å². The first-order chi connectivity index (χ1) is 6.72. The largest absolute Gasteiger partial charge is 0.299 e. The van der Waals surface area contributed by atoms with Gasteiger partial charge >= 0.3 is 0 Å². The average Bonchev–Trinajstić information content (AvgIpc) is 2.17. The molecule has 0 saturated heterocycles. The van der Waals surface area contributed by atoms with Crippen LogP contribution < -0.4 is 5.84 Å². The Morgan fingerprint density at radius 2 is 2.14 bits per heavy atom. The van der Waals surface area contributed by atoms with Crippen molar-refractivity contribution < 1.29 is 0 Å². The summed E-state index contributed by atoms with van der Waals surface area (Å²) in [7, 11) is 0. The second-order valence-corrected chi connectivity index (χ2v) is 3.04. The summed E-state index contributed by atoms with van der Waals surface area (Å²) in [5.41, 5.74) is 0. The van der Waals surface area contributed by atoms with Crippen molar-refractivity contribution in [3.8, 4) is 0 Å². The molecule has 0 saturated carbocycles. The van der Waals surface area contributed by atoms with Gasteiger partial charge in [-0.05, 0) is 20.3 Å². The molecule has 0 bridgehead atoms. The van der Waals surface area contributed by atoms with Gasteiger partial charge in [-0.25, -0.2) is 5.84 Å². The van der Waals surface area contributed by atoms with E-state index < -0.39 is 0 Å². The summed E-state index contributed by atoms with van der Waals surface area (Å²) >= 11 is 0. The Balaban J connectivity index is 3.86. The van der Waals surface area contributed by atoms with E-state index in [0.29, 0.717) is 6.54 Å². The summed E-state index contributed by atoms with van der Waals surface area (Å²) in [6, 6.07) is 0. The second kappa shape index (κ2) is 8.51. The van der Waals surface area contributed by atoms with Gasteiger partial charge in [0.05, 0.1) is 6.54 Å². The Bertz CT molecular complexity index is 217. The molecule has 3 nitrogen and oxygen atoms in total. The zero-order valence-electron chi connectivity index (χ0n) is 9.40. The van der Waals surface area contributed by atoms with E-state index in [9.17, 15) is 0 Å². The van der Waals surface area contributed by atoms with Crippen molar-refractivity contribution in [2.75, 3.05) is 13.1 Å². The Labute approximate surface area is 87.0 Å². The minimum Gasteiger partial charge on any atom is -0.299 e. The summed E-state index contributed by atoms with van der Waals surface area (Å²) in [5, 5.41) is 1.68. The van der Waals surface area contributed by atoms with Gasteiger partial charge in [-0.1, -0.05) is 31.2 Å². The molecule has 3 heteroatoms. The fourth-order valence-electron chi connectivity index (χ4n) is 0.929. The number of allylic oxidation sites excluding steroid dienone is 3. The molecule has 0 aromatic rings. The maximum Gasteiger partial charge on any atom is 0.110 e. The predicted molar refractivity (Wildman–Crippen MR) is 63.1 cm³/mol. The fourth-order valence-corrected chi connectivity index (χ4v) is 0.929. The van der Waals surface area contributed by atoms with Gasteiger partial charge in [0.1, 0.15) is 5.84 Å². The normalized spacial score (nSPS) is 13.0. The second-order valence-electron chi connectivity index (χ2n) is 3.04. The Kier molecular flexibility index (Phi) is 7.84. The Morgan fingerprint density at radius 3 is 2.71 bits per heavy atom. The highest BCUT2D eigenvalue weighted by molar-refractivity contribution is 5.79. The monoisotopic (exact) mass is 195 g/mol. The molecule has 0 radical (unpaired) electrons. The van der Waals surface area contributed by atoms with Crippen molar-refractivity contribution in [1.29, 1.82) is 0 Å². The lowest BCUT2D eigenvalue weighted by molar-refractivity contribution is 0.434. The highest BCUT2D eigenvalue weighted by Crippen LogP contribution is 1.88. The van der Waals surface area contributed by atoms with E-state index in [2.05, 4.69) is 11.9 Å². The lowest BCUT2D eigenvalue weighted by Crippen LogP contribution is -2.36. The minimum atomic E-state index is 0.688. The van der Waals surface area contributed by atoms with Gasteiger partial charge < -0.3 is 0 Å². The summed E-state index contributed by atoms with van der Waals surface area (Å²) in [6.45, 7) is 7.56. The van der Waals surface area contributed by atoms with Crippen LogP contribution in [0, 0.1) is 0 Å². The summed E-state index contributed by atoms with van der Waals surface area (Å²) < 4.78 is 0. The molecule has 80 valence electrons. The molecule has 0 aromatic heterocycles. The molecule has 0 spiro atoms. The van der Waals surface area contributed by atoms with E-state index in [1.54, 1.807) is 5.01 Å². The zero-order valence-corrected chi connectivity index (χ0v) is 9.40. The maximum absolute atomic E-state index is 5.73. The molecular formula is C11H21N3. The highest BCUT2D eigenvalue weighted by Gasteiger charge is 1.96. The number of hydrogen-bond acceptors (Lipinski definition) is 2. The molecule has 0 aromatic carbocycles. The van der Waals surface area contributed by atoms with Crippen LogP contribution in [0.4, 0.5) is 0 Å². The molecule has 0 rings (SSSR count). The van der Waals surface area contributed by atoms with Crippen LogP contribution in [0.1, 0.15) is 27.2 Å². The number of amidine groups is 1. The van der Waals surface area contributed by atoms with Crippen molar-refractivity contribution in [2.45, 2.75) is 27.2 Å². The van der Waals surface area contributed by atoms with Gasteiger partial charge in [0.25, 0.3) is 0 Å². The van der Waals surface area contributed by atoms with Crippen LogP contribution in [0.3, 0.4) is 0 Å². The molecule has 0 fully saturated rings. The minimum absolute atomic E-state index is 0.688. The first-order valence-electron chi connectivity index (χ1n) is 5.03. The van der Waals surface area contributed by atoms with E-state index >= 15 is 0 Å². The quantitative estimate of drug-likeness (QED) is 0.240. The number of hydrazine groups is 1. The Morgan fingerprint density at radius 1 is 1.43 bits per heavy atom. The lowest BCUT2D eigenvalue weighted by Gasteiger charge is -2.16. The molecule has 0 aliphatic carbocycles. The van der Waals surface area contributed by atoms with Crippen molar-refractivity contribution >= 4 is 5.84 Å². The molecule has 0 heterocycles. The van der Waals surface area contributed by atoms with Crippen molar-refractivity contribution in [2.24, 2.45) is 10.8 Å². The Hall–Kier alpha value is -1.09. The SMILES string of the molecule is C/C=C\C=C/C/N=C(\C)N(N)CCC. The maximum atomic E-state index is 5.73. The van der Waals surface area contributed by atoms with Gasteiger partial charge in [-0.2, -0.15) is 0 Å². The van der Waals surface area contributed by atoms with Crippen LogP contribution >= 0.6 is 0 Å². The zero-order chi connectivity index (χ0) is 10.8. The van der Waals surface area contributed by atoms with E-state index in [0.717, 1.165) is 18.8 Å². The average molecular weight is 195 g/mol. The summed E-state index contributed by atoms with van der Waals surface area (Å²) in [4.78, 5) is 4.31. The van der Waals surface area contributed by atoms with Crippen LogP contribution in [0.25, 0.3) is 0 Å². The van der Waals surface area contributed by atoms with Crippen LogP contribution in [0.5, 0.6) is 0 Å². The summed E-state index contributed by atoms with van der Waals surface area (Å²) in [6.07, 6.45) is 9.00. The van der Waals surface area contributed by atoms with Crippen LogP contribution in [0.15, 0.2) is 29.3 Å². The topological polar surface area (TPSA) is 41.6 Å². The van der Waals surface area contributed by atoms with Gasteiger partial charge in [-0.3, -0.25) is 10.0 Å². The molecule has 0 aliphatic heterocycles. The summed E-state index contributed by atoms with van der Waals surface area (Å²) in [5.74, 6) is 6.62. The van der Waals surface area contributed by atoms with Crippen molar-refractivity contribution in [3.63, 3.8) is 0 Å². The van der Waals surface area contributed by atoms with Crippen LogP contribution in [0.2, 0.25) is 0 Å². The molecule has 0 amide bonds. The van der Waals surface area contributed by atoms with E-state index in [4.69, 9.17) is 5.84 Å². The van der Waals surface area contributed by atoms with Gasteiger partial charge in [0, 0.05) is 6.54 Å². The van der Waals surface area contributed by atoms with Gasteiger partial charge in [0.15, 0.2) is 0 Å². The molecule has 2 N–H and O–H groups in total. The highest BCUT2D eigenvalue weighted by atomic mass is 15.4. The smallest absolute Gasteiger partial charge is 0.110 e. The first-order valence-corrected chi connectivity index (χ1v) is 5.03. The lowest BCUT2D eigenvalue weighted by atomic mass is 10.4. The number of nitrogens with two attached hydrogens (primary N) is 1. The number of hydrogen-bond donors (Lipinski definition) is 1. The van der Waals surface area contributed by atoms with E-state index in [-0.39, 0.29) is 0 Å². The van der Waals surface area contributed by atoms with E-state index in [1.807, 2.05) is 38.2 Å². The predicted octanol–water partition coefficient (Wildman–Crippen LogP) is 2.12. The third kappa shape index (κ3) is 6.43. The van der Waals surface area contributed by atoms with Crippen molar-refractivity contribution in [1.82, 2.24) is 5.01 Å². The molecular weight excluding hydrogens is 174 g/mol. The number of aliphatic imine (C=N–C) groups is 1. The van der Waals surface area contributed by atoms with Gasteiger partial charge in [-0.15, -0.1) is 0 Å². The molecule has 0 unspecified atom stereocenters. The van der Waals surface area contributed by atoms with Gasteiger partial charge in [0.2, 0.25) is 0 Å². The van der Waals surface area contributed by atoms with Crippen LogP contribution in [-0.2, 0) is 0 Å². The van der Waals surface area contributed by atoms with Crippen LogP contribution in [-0.4, -0.2) is 23.9 Å². The standard InChI is InChI=1S/C11H21N3/c1-4-6-7-8-9-13-11(3)14(12)10-5-2/h4,6-8H,5,9-10,12H2,1-3H3/b6-4-,8-7-,13-11+. The van der Waals surface area contributed by atoms with E-state index in [1.165, 1.54) is 0 Å². The molecule has 14 heavy (non-hydrogen) atoms. The number of nitrogens with zero attached hydrogens (tertiary/aromatic N) is 2.